The fourth-order valence-electron chi connectivity index (χ4n) is 3.27. The van der Waals surface area contributed by atoms with Gasteiger partial charge in [0.15, 0.2) is 0 Å². The lowest BCUT2D eigenvalue weighted by molar-refractivity contribution is -0.120. The van der Waals surface area contributed by atoms with E-state index in [1.807, 2.05) is 0 Å². The van der Waals surface area contributed by atoms with Crippen LogP contribution in [0.3, 0.4) is 0 Å². The Morgan fingerprint density at radius 3 is 2.16 bits per heavy atom. The smallest absolute Gasteiger partial charge is 0.282 e. The van der Waals surface area contributed by atoms with Gasteiger partial charge in [0.25, 0.3) is 11.8 Å². The summed E-state index contributed by atoms with van der Waals surface area (Å²) in [7, 11) is 1.48. The van der Waals surface area contributed by atoms with Gasteiger partial charge in [-0.15, -0.1) is 0 Å². The molecule has 1 aliphatic rings. The Labute approximate surface area is 187 Å². The van der Waals surface area contributed by atoms with E-state index in [1.54, 1.807) is 42.5 Å². The molecule has 0 spiro atoms. The predicted octanol–water partition coefficient (Wildman–Crippen LogP) is 5.54. The highest BCUT2D eigenvalue weighted by Gasteiger charge is 2.40. The van der Waals surface area contributed by atoms with Gasteiger partial charge in [0.1, 0.15) is 17.3 Å². The van der Waals surface area contributed by atoms with Crippen molar-refractivity contribution in [3.8, 4) is 5.75 Å². The van der Waals surface area contributed by atoms with Gasteiger partial charge < -0.3 is 10.1 Å². The van der Waals surface area contributed by atoms with Crippen molar-refractivity contribution in [2.45, 2.75) is 0 Å². The molecular weight excluding hydrogens is 442 g/mol. The molecule has 1 aliphatic heterocycles. The summed E-state index contributed by atoms with van der Waals surface area (Å²) in [6.45, 7) is 0. The monoisotopic (exact) mass is 456 g/mol. The number of rotatable bonds is 5. The van der Waals surface area contributed by atoms with Crippen LogP contribution in [0.2, 0.25) is 10.0 Å². The molecular formula is C23H15Cl2FN2O3. The van der Waals surface area contributed by atoms with Crippen LogP contribution in [0.15, 0.2) is 72.4 Å². The predicted molar refractivity (Wildman–Crippen MR) is 119 cm³/mol. The van der Waals surface area contributed by atoms with E-state index in [-0.39, 0.29) is 17.0 Å². The summed E-state index contributed by atoms with van der Waals surface area (Å²) in [6.07, 6.45) is 0. The van der Waals surface area contributed by atoms with E-state index in [9.17, 15) is 14.0 Å². The topological polar surface area (TPSA) is 58.6 Å². The van der Waals surface area contributed by atoms with Crippen LogP contribution >= 0.6 is 23.2 Å². The summed E-state index contributed by atoms with van der Waals surface area (Å²) in [5.74, 6) is -1.19. The molecule has 0 unspecified atom stereocenters. The molecule has 3 aromatic carbocycles. The normalized spacial score (nSPS) is 13.7. The van der Waals surface area contributed by atoms with E-state index in [2.05, 4.69) is 5.32 Å². The number of nitrogens with one attached hydrogen (secondary N) is 1. The summed E-state index contributed by atoms with van der Waals surface area (Å²) in [4.78, 5) is 27.7. The van der Waals surface area contributed by atoms with Gasteiger partial charge in [0, 0.05) is 10.0 Å². The molecule has 3 aromatic rings. The quantitative estimate of drug-likeness (QED) is 0.512. The Balaban J connectivity index is 1.85. The van der Waals surface area contributed by atoms with Gasteiger partial charge in [0.2, 0.25) is 0 Å². The van der Waals surface area contributed by atoms with Crippen LogP contribution in [-0.4, -0.2) is 18.9 Å². The van der Waals surface area contributed by atoms with E-state index in [0.29, 0.717) is 27.0 Å². The third kappa shape index (κ3) is 4.00. The van der Waals surface area contributed by atoms with Crippen molar-refractivity contribution in [1.29, 1.82) is 0 Å². The number of benzene rings is 3. The molecule has 0 atom stereocenters. The zero-order valence-corrected chi connectivity index (χ0v) is 17.7. The van der Waals surface area contributed by atoms with Crippen LogP contribution in [0.25, 0.3) is 5.57 Å². The highest BCUT2D eigenvalue weighted by atomic mass is 35.5. The van der Waals surface area contributed by atoms with Crippen molar-refractivity contribution in [2.24, 2.45) is 0 Å². The van der Waals surface area contributed by atoms with Crippen molar-refractivity contribution in [1.82, 2.24) is 0 Å². The van der Waals surface area contributed by atoms with Gasteiger partial charge in [-0.1, -0.05) is 35.3 Å². The second-order valence-electron chi connectivity index (χ2n) is 6.65. The third-order valence-electron chi connectivity index (χ3n) is 4.72. The maximum Gasteiger partial charge on any atom is 0.282 e. The first-order valence-electron chi connectivity index (χ1n) is 9.14. The number of carbonyl (C=O) groups excluding carboxylic acids is 2. The second-order valence-corrected chi connectivity index (χ2v) is 7.52. The van der Waals surface area contributed by atoms with Gasteiger partial charge in [-0.25, -0.2) is 9.29 Å². The third-order valence-corrected chi connectivity index (χ3v) is 5.21. The Kier molecular flexibility index (Phi) is 5.67. The highest BCUT2D eigenvalue weighted by Crippen LogP contribution is 2.36. The zero-order chi connectivity index (χ0) is 22.1. The molecule has 1 heterocycles. The van der Waals surface area contributed by atoms with Gasteiger partial charge in [-0.05, 0) is 60.2 Å². The maximum absolute atomic E-state index is 13.4. The molecule has 0 aromatic heterocycles. The minimum Gasteiger partial charge on any atom is -0.495 e. The van der Waals surface area contributed by atoms with Crippen molar-refractivity contribution in [3.63, 3.8) is 0 Å². The van der Waals surface area contributed by atoms with E-state index in [4.69, 9.17) is 27.9 Å². The van der Waals surface area contributed by atoms with Crippen molar-refractivity contribution in [2.75, 3.05) is 17.3 Å². The van der Waals surface area contributed by atoms with Crippen molar-refractivity contribution < 1.29 is 18.7 Å². The summed E-state index contributed by atoms with van der Waals surface area (Å²) in [5.41, 5.74) is 1.34. The molecule has 1 N–H and O–H groups in total. The number of hydrogen-bond acceptors (Lipinski definition) is 4. The lowest BCUT2D eigenvalue weighted by atomic mass is 10.0. The summed E-state index contributed by atoms with van der Waals surface area (Å²) < 4.78 is 18.7. The average molecular weight is 457 g/mol. The second kappa shape index (κ2) is 8.41. The first kappa shape index (κ1) is 20.9. The Bertz CT molecular complexity index is 1210. The molecule has 0 fully saturated rings. The van der Waals surface area contributed by atoms with E-state index < -0.39 is 17.6 Å². The van der Waals surface area contributed by atoms with E-state index in [1.165, 1.54) is 31.4 Å². The van der Waals surface area contributed by atoms with E-state index in [0.717, 1.165) is 4.90 Å². The number of amides is 2. The molecule has 2 amide bonds. The fraction of sp³-hybridized carbons (Fsp3) is 0.0435. The Hall–Kier alpha value is -3.35. The van der Waals surface area contributed by atoms with Gasteiger partial charge in [0.05, 0.1) is 24.1 Å². The minimum atomic E-state index is -0.594. The number of hydrogen-bond donors (Lipinski definition) is 1. The van der Waals surface area contributed by atoms with Crippen LogP contribution in [0.1, 0.15) is 5.56 Å². The summed E-state index contributed by atoms with van der Waals surface area (Å²) in [6, 6.07) is 16.5. The molecule has 0 saturated heterocycles. The number of ether oxygens (including phenoxy) is 1. The molecule has 8 heteroatoms. The lowest BCUT2D eigenvalue weighted by Crippen LogP contribution is -2.32. The largest absolute Gasteiger partial charge is 0.495 e. The Morgan fingerprint density at radius 2 is 1.52 bits per heavy atom. The molecule has 0 aliphatic carbocycles. The number of halogens is 3. The van der Waals surface area contributed by atoms with Crippen LogP contribution in [0.5, 0.6) is 5.75 Å². The first-order chi connectivity index (χ1) is 14.9. The molecule has 0 saturated carbocycles. The molecule has 0 bridgehead atoms. The van der Waals surface area contributed by atoms with Crippen LogP contribution in [0.4, 0.5) is 15.8 Å². The lowest BCUT2D eigenvalue weighted by Gasteiger charge is -2.16. The number of methoxy groups -OCH3 is 1. The van der Waals surface area contributed by atoms with Crippen molar-refractivity contribution in [3.05, 3.63) is 93.9 Å². The van der Waals surface area contributed by atoms with Gasteiger partial charge >= 0.3 is 0 Å². The zero-order valence-electron chi connectivity index (χ0n) is 16.2. The number of nitrogens with zero attached hydrogens (tertiary/aromatic N) is 1. The number of carbonyl (C=O) groups is 2. The number of anilines is 2. The molecule has 0 radical (unpaired) electrons. The molecule has 31 heavy (non-hydrogen) atoms. The van der Waals surface area contributed by atoms with E-state index >= 15 is 0 Å². The standard InChI is InChI=1S/C23H15Cl2FN2O3/c1-31-19-11-6-15(25)12-18(19)27-21-20(13-2-4-14(24)5-3-13)22(29)28(23(21)30)17-9-7-16(26)8-10-17/h2-12,27H,1H3. The van der Waals surface area contributed by atoms with Crippen LogP contribution in [-0.2, 0) is 9.59 Å². The van der Waals surface area contributed by atoms with Crippen molar-refractivity contribution >= 4 is 52.0 Å². The first-order valence-corrected chi connectivity index (χ1v) is 9.90. The number of imide groups is 1. The van der Waals surface area contributed by atoms with Gasteiger partial charge in [-0.2, -0.15) is 0 Å². The average Bonchev–Trinajstić information content (AvgIpc) is 2.99. The Morgan fingerprint density at radius 1 is 0.871 bits per heavy atom. The fourth-order valence-corrected chi connectivity index (χ4v) is 3.57. The minimum absolute atomic E-state index is 0.0391. The van der Waals surface area contributed by atoms with Crippen LogP contribution in [0, 0.1) is 5.82 Å². The summed E-state index contributed by atoms with van der Waals surface area (Å²) in [5, 5.41) is 3.92. The van der Waals surface area contributed by atoms with Gasteiger partial charge in [-0.3, -0.25) is 9.59 Å². The molecule has 5 nitrogen and oxygen atoms in total. The summed E-state index contributed by atoms with van der Waals surface area (Å²) >= 11 is 12.1. The highest BCUT2D eigenvalue weighted by molar-refractivity contribution is 6.46. The SMILES string of the molecule is COc1ccc(Cl)cc1NC1=C(c2ccc(Cl)cc2)C(=O)N(c2ccc(F)cc2)C1=O. The molecule has 4 rings (SSSR count). The maximum atomic E-state index is 13.4. The molecule has 156 valence electrons. The van der Waals surface area contributed by atoms with Crippen LogP contribution < -0.4 is 15.0 Å².